The summed E-state index contributed by atoms with van der Waals surface area (Å²) in [6.07, 6.45) is 8.57. The van der Waals surface area contributed by atoms with Crippen molar-refractivity contribution >= 4 is 11.8 Å². The smallest absolute Gasteiger partial charge is 0.00674 e. The Morgan fingerprint density at radius 1 is 1.62 bits per heavy atom. The van der Waals surface area contributed by atoms with Gasteiger partial charge in [0.05, 0.1) is 0 Å². The highest BCUT2D eigenvalue weighted by atomic mass is 32.2. The second-order valence-electron chi connectivity index (χ2n) is 1.61. The van der Waals surface area contributed by atoms with Gasteiger partial charge in [-0.3, -0.25) is 0 Å². The van der Waals surface area contributed by atoms with Crippen LogP contribution in [0.25, 0.3) is 0 Å². The molecular formula is C7H13S. The highest BCUT2D eigenvalue weighted by Crippen LogP contribution is 1.98. The fourth-order valence-corrected chi connectivity index (χ4v) is 0.919. The molecule has 0 bridgehead atoms. The van der Waals surface area contributed by atoms with E-state index in [-0.39, 0.29) is 0 Å². The van der Waals surface area contributed by atoms with Crippen molar-refractivity contribution < 1.29 is 0 Å². The van der Waals surface area contributed by atoms with E-state index in [4.69, 9.17) is 0 Å². The topological polar surface area (TPSA) is 0 Å². The Labute approximate surface area is 56.4 Å². The molecule has 0 N–H and O–H groups in total. The van der Waals surface area contributed by atoms with E-state index in [2.05, 4.69) is 19.3 Å². The average molecular weight is 129 g/mol. The highest BCUT2D eigenvalue weighted by Gasteiger charge is 1.78. The van der Waals surface area contributed by atoms with Crippen LogP contribution in [0.4, 0.5) is 0 Å². The van der Waals surface area contributed by atoms with Crippen LogP contribution in [-0.2, 0) is 0 Å². The van der Waals surface area contributed by atoms with E-state index in [0.29, 0.717) is 0 Å². The number of unbranched alkanes of at least 4 members (excludes halogenated alkanes) is 1. The van der Waals surface area contributed by atoms with E-state index in [9.17, 15) is 0 Å². The Kier molecular flexibility index (Phi) is 7.17. The van der Waals surface area contributed by atoms with Crippen molar-refractivity contribution in [1.82, 2.24) is 0 Å². The van der Waals surface area contributed by atoms with Gasteiger partial charge in [-0.15, -0.1) is 0 Å². The molecule has 0 aromatic rings. The zero-order valence-electron chi connectivity index (χ0n) is 5.39. The predicted molar refractivity (Wildman–Crippen MR) is 42.1 cm³/mol. The number of thioether (sulfide) groups is 1. The molecule has 0 unspecified atom stereocenters. The van der Waals surface area contributed by atoms with Gasteiger partial charge in [-0.25, -0.2) is 0 Å². The van der Waals surface area contributed by atoms with Gasteiger partial charge in [-0.1, -0.05) is 12.2 Å². The zero-order chi connectivity index (χ0) is 6.24. The lowest BCUT2D eigenvalue weighted by Crippen LogP contribution is -1.73. The van der Waals surface area contributed by atoms with Crippen LogP contribution in [0.2, 0.25) is 0 Å². The number of hydrogen-bond acceptors (Lipinski definition) is 1. The van der Waals surface area contributed by atoms with E-state index in [0.717, 1.165) is 0 Å². The molecule has 47 valence electrons. The van der Waals surface area contributed by atoms with Crippen LogP contribution < -0.4 is 0 Å². The Hall–Kier alpha value is 0.0900. The maximum absolute atomic E-state index is 3.60. The standard InChI is InChI=1S/C7H13S/c1-3-4-5-6-7-8-2/h3-4H,1,5-7H2,2H3/b4-3+. The Morgan fingerprint density at radius 3 is 2.88 bits per heavy atom. The molecule has 0 saturated heterocycles. The van der Waals surface area contributed by atoms with Crippen molar-refractivity contribution in [3.63, 3.8) is 0 Å². The zero-order valence-corrected chi connectivity index (χ0v) is 6.21. The van der Waals surface area contributed by atoms with Gasteiger partial charge in [0.25, 0.3) is 0 Å². The lowest BCUT2D eigenvalue weighted by Gasteiger charge is -1.89. The first-order valence-corrected chi connectivity index (χ1v) is 4.24. The summed E-state index contributed by atoms with van der Waals surface area (Å²) in [5, 5.41) is 0. The van der Waals surface area contributed by atoms with Crippen LogP contribution in [0.1, 0.15) is 12.8 Å². The number of allylic oxidation sites excluding steroid dienone is 2. The highest BCUT2D eigenvalue weighted by molar-refractivity contribution is 7.98. The Balaban J connectivity index is 2.72. The molecule has 0 saturated carbocycles. The van der Waals surface area contributed by atoms with Crippen molar-refractivity contribution in [2.24, 2.45) is 0 Å². The summed E-state index contributed by atoms with van der Waals surface area (Å²) in [6.45, 7) is 3.60. The minimum Gasteiger partial charge on any atom is -0.165 e. The SMILES string of the molecule is [CH2]/C=C/CCCSC. The molecule has 8 heavy (non-hydrogen) atoms. The van der Waals surface area contributed by atoms with Gasteiger partial charge in [0.2, 0.25) is 0 Å². The molecule has 0 aliphatic carbocycles. The third-order valence-corrected chi connectivity index (χ3v) is 1.58. The second kappa shape index (κ2) is 7.09. The molecule has 0 rings (SSSR count). The fraction of sp³-hybridized carbons (Fsp3) is 0.571. The van der Waals surface area contributed by atoms with Crippen molar-refractivity contribution in [3.05, 3.63) is 19.1 Å². The molecule has 0 heterocycles. The van der Waals surface area contributed by atoms with Crippen molar-refractivity contribution in [1.29, 1.82) is 0 Å². The lowest BCUT2D eigenvalue weighted by atomic mass is 10.3. The number of rotatable bonds is 4. The van der Waals surface area contributed by atoms with Crippen molar-refractivity contribution in [2.45, 2.75) is 12.8 Å². The first-order valence-electron chi connectivity index (χ1n) is 2.85. The largest absolute Gasteiger partial charge is 0.165 e. The maximum atomic E-state index is 3.60. The van der Waals surface area contributed by atoms with Gasteiger partial charge < -0.3 is 0 Å². The molecule has 0 aromatic heterocycles. The summed E-state index contributed by atoms with van der Waals surface area (Å²) in [5.41, 5.74) is 0. The van der Waals surface area contributed by atoms with Crippen molar-refractivity contribution in [2.75, 3.05) is 12.0 Å². The molecular weight excluding hydrogens is 116 g/mol. The molecule has 0 nitrogen and oxygen atoms in total. The van der Waals surface area contributed by atoms with Gasteiger partial charge in [0, 0.05) is 0 Å². The predicted octanol–water partition coefficient (Wildman–Crippen LogP) is 2.52. The van der Waals surface area contributed by atoms with Crippen LogP contribution in [0.15, 0.2) is 12.2 Å². The Bertz CT molecular complexity index is 57.4. The molecule has 0 spiro atoms. The van der Waals surface area contributed by atoms with Gasteiger partial charge in [0.1, 0.15) is 0 Å². The van der Waals surface area contributed by atoms with Gasteiger partial charge in [0.15, 0.2) is 0 Å². The molecule has 0 amide bonds. The van der Waals surface area contributed by atoms with Crippen LogP contribution in [0, 0.1) is 6.92 Å². The van der Waals surface area contributed by atoms with Gasteiger partial charge in [-0.2, -0.15) is 11.8 Å². The van der Waals surface area contributed by atoms with E-state index < -0.39 is 0 Å². The quantitative estimate of drug-likeness (QED) is 0.526. The molecule has 0 aliphatic heterocycles. The summed E-state index contributed by atoms with van der Waals surface area (Å²) < 4.78 is 0. The van der Waals surface area contributed by atoms with Gasteiger partial charge in [-0.05, 0) is 31.8 Å². The first-order chi connectivity index (χ1) is 3.91. The van der Waals surface area contributed by atoms with E-state index in [1.165, 1.54) is 18.6 Å². The van der Waals surface area contributed by atoms with Crippen LogP contribution in [0.5, 0.6) is 0 Å². The molecule has 1 radical (unpaired) electrons. The van der Waals surface area contributed by atoms with Crippen LogP contribution in [-0.4, -0.2) is 12.0 Å². The fourth-order valence-electron chi connectivity index (χ4n) is 0.463. The summed E-state index contributed by atoms with van der Waals surface area (Å²) >= 11 is 1.90. The minimum absolute atomic E-state index is 1.18. The molecule has 1 heteroatoms. The third-order valence-electron chi connectivity index (χ3n) is 0.886. The molecule has 0 aliphatic rings. The van der Waals surface area contributed by atoms with E-state index >= 15 is 0 Å². The summed E-state index contributed by atoms with van der Waals surface area (Å²) in [7, 11) is 0. The van der Waals surface area contributed by atoms with Gasteiger partial charge >= 0.3 is 0 Å². The van der Waals surface area contributed by atoms with E-state index in [1.54, 1.807) is 0 Å². The second-order valence-corrected chi connectivity index (χ2v) is 2.59. The summed E-state index contributed by atoms with van der Waals surface area (Å²) in [6, 6.07) is 0. The van der Waals surface area contributed by atoms with Crippen LogP contribution >= 0.6 is 11.8 Å². The summed E-state index contributed by atoms with van der Waals surface area (Å²) in [4.78, 5) is 0. The molecule has 0 aromatic carbocycles. The van der Waals surface area contributed by atoms with E-state index in [1.807, 2.05) is 17.8 Å². The lowest BCUT2D eigenvalue weighted by molar-refractivity contribution is 0.973. The van der Waals surface area contributed by atoms with Crippen molar-refractivity contribution in [3.8, 4) is 0 Å². The third kappa shape index (κ3) is 6.09. The first kappa shape index (κ1) is 8.09. The summed E-state index contributed by atoms with van der Waals surface area (Å²) in [5.74, 6) is 1.27. The molecule has 0 atom stereocenters. The Morgan fingerprint density at radius 2 is 2.38 bits per heavy atom. The molecule has 0 fully saturated rings. The average Bonchev–Trinajstić information content (AvgIpc) is 1.81. The number of hydrogen-bond donors (Lipinski definition) is 0. The normalized spacial score (nSPS) is 10.8. The van der Waals surface area contributed by atoms with Crippen LogP contribution in [0.3, 0.4) is 0 Å². The maximum Gasteiger partial charge on any atom is -0.00674 e. The monoisotopic (exact) mass is 129 g/mol. The minimum atomic E-state index is 1.18.